The number of nitrogens with zero attached hydrogens (tertiary/aromatic N) is 2. The first-order valence-corrected chi connectivity index (χ1v) is 8.46. The summed E-state index contributed by atoms with van der Waals surface area (Å²) in [6.07, 6.45) is 1.99. The minimum absolute atomic E-state index is 0.0393. The van der Waals surface area contributed by atoms with Gasteiger partial charge in [0.2, 0.25) is 11.8 Å². The van der Waals surface area contributed by atoms with Crippen LogP contribution in [-0.4, -0.2) is 60.9 Å². The van der Waals surface area contributed by atoms with Crippen molar-refractivity contribution in [3.63, 3.8) is 0 Å². The van der Waals surface area contributed by atoms with Crippen LogP contribution >= 0.6 is 0 Å². The smallest absolute Gasteiger partial charge is 0.239 e. The summed E-state index contributed by atoms with van der Waals surface area (Å²) >= 11 is 0. The second-order valence-corrected chi connectivity index (χ2v) is 6.20. The number of aryl methyl sites for hydroxylation is 1. The number of rotatable bonds is 5. The minimum atomic E-state index is -0.484. The average molecular weight is 333 g/mol. The number of ether oxygens (including phenoxy) is 1. The number of carbonyl (C=O) groups is 2. The largest absolute Gasteiger partial charge is 0.497 e. The minimum Gasteiger partial charge on any atom is -0.497 e. The van der Waals surface area contributed by atoms with Gasteiger partial charge in [-0.25, -0.2) is 0 Å². The highest BCUT2D eigenvalue weighted by atomic mass is 16.5. The third-order valence-electron chi connectivity index (χ3n) is 4.34. The molecule has 6 nitrogen and oxygen atoms in total. The number of hydrogen-bond donors (Lipinski definition) is 1. The van der Waals surface area contributed by atoms with Crippen LogP contribution in [0.25, 0.3) is 0 Å². The molecule has 2 amide bonds. The van der Waals surface area contributed by atoms with E-state index in [1.54, 1.807) is 18.9 Å². The van der Waals surface area contributed by atoms with Crippen molar-refractivity contribution in [3.8, 4) is 5.75 Å². The highest BCUT2D eigenvalue weighted by Gasteiger charge is 2.23. The second-order valence-electron chi connectivity index (χ2n) is 6.20. The summed E-state index contributed by atoms with van der Waals surface area (Å²) in [6.45, 7) is 4.21. The zero-order chi connectivity index (χ0) is 17.5. The van der Waals surface area contributed by atoms with Crippen LogP contribution in [0.5, 0.6) is 5.75 Å². The van der Waals surface area contributed by atoms with Crippen molar-refractivity contribution in [1.29, 1.82) is 0 Å². The molecule has 1 aliphatic rings. The van der Waals surface area contributed by atoms with Crippen LogP contribution in [0.1, 0.15) is 25.3 Å². The van der Waals surface area contributed by atoms with Gasteiger partial charge in [0.25, 0.3) is 0 Å². The fourth-order valence-electron chi connectivity index (χ4n) is 2.88. The lowest BCUT2D eigenvalue weighted by Gasteiger charge is -2.23. The van der Waals surface area contributed by atoms with E-state index in [-0.39, 0.29) is 11.8 Å². The van der Waals surface area contributed by atoms with E-state index in [4.69, 9.17) is 10.5 Å². The summed E-state index contributed by atoms with van der Waals surface area (Å²) in [7, 11) is 1.64. The van der Waals surface area contributed by atoms with E-state index in [9.17, 15) is 9.59 Å². The summed E-state index contributed by atoms with van der Waals surface area (Å²) in [6, 6.07) is 7.30. The van der Waals surface area contributed by atoms with Crippen molar-refractivity contribution in [2.45, 2.75) is 32.2 Å². The molecular weight excluding hydrogens is 306 g/mol. The Balaban J connectivity index is 1.82. The Morgan fingerprint density at radius 2 is 1.75 bits per heavy atom. The predicted molar refractivity (Wildman–Crippen MR) is 92.7 cm³/mol. The molecule has 24 heavy (non-hydrogen) atoms. The normalized spacial score (nSPS) is 16.5. The Kier molecular flexibility index (Phi) is 6.61. The number of benzene rings is 1. The summed E-state index contributed by atoms with van der Waals surface area (Å²) in [5.74, 6) is 0.917. The number of nitrogens with two attached hydrogens (primary N) is 1. The second kappa shape index (κ2) is 8.68. The van der Waals surface area contributed by atoms with Gasteiger partial charge >= 0.3 is 0 Å². The van der Waals surface area contributed by atoms with E-state index in [0.717, 1.165) is 17.7 Å². The van der Waals surface area contributed by atoms with Gasteiger partial charge in [0.05, 0.1) is 13.2 Å². The molecular formula is C18H27N3O3. The molecule has 1 aliphatic heterocycles. The van der Waals surface area contributed by atoms with Crippen molar-refractivity contribution in [3.05, 3.63) is 29.8 Å². The van der Waals surface area contributed by atoms with Gasteiger partial charge in [-0.1, -0.05) is 12.1 Å². The first-order chi connectivity index (χ1) is 11.5. The van der Waals surface area contributed by atoms with E-state index in [1.165, 1.54) is 0 Å². The standard InChI is InChI=1S/C18H27N3O3/c1-14(19)18(23)21-11-3-10-20(12-13-21)17(22)9-6-15-4-7-16(24-2)8-5-15/h4-5,7-8,14H,3,6,9-13,19H2,1-2H3/t14-/m0/s1. The van der Waals surface area contributed by atoms with Crippen molar-refractivity contribution in [1.82, 2.24) is 9.80 Å². The summed E-state index contributed by atoms with van der Waals surface area (Å²) in [4.78, 5) is 28.0. The first-order valence-electron chi connectivity index (χ1n) is 8.46. The van der Waals surface area contributed by atoms with E-state index < -0.39 is 6.04 Å². The third-order valence-corrected chi connectivity index (χ3v) is 4.34. The van der Waals surface area contributed by atoms with Crippen LogP contribution < -0.4 is 10.5 Å². The van der Waals surface area contributed by atoms with Crippen molar-refractivity contribution in [2.24, 2.45) is 5.73 Å². The van der Waals surface area contributed by atoms with Gasteiger partial charge < -0.3 is 20.3 Å². The first kappa shape index (κ1) is 18.3. The van der Waals surface area contributed by atoms with Crippen LogP contribution in [-0.2, 0) is 16.0 Å². The monoisotopic (exact) mass is 333 g/mol. The maximum atomic E-state index is 12.4. The van der Waals surface area contributed by atoms with Gasteiger partial charge in [-0.2, -0.15) is 0 Å². The zero-order valence-corrected chi connectivity index (χ0v) is 14.5. The summed E-state index contributed by atoms with van der Waals surface area (Å²) in [5.41, 5.74) is 6.78. The van der Waals surface area contributed by atoms with E-state index in [1.807, 2.05) is 29.2 Å². The van der Waals surface area contributed by atoms with Crippen molar-refractivity contribution in [2.75, 3.05) is 33.3 Å². The molecule has 0 bridgehead atoms. The summed E-state index contributed by atoms with van der Waals surface area (Å²) in [5, 5.41) is 0. The third kappa shape index (κ3) is 4.96. The van der Waals surface area contributed by atoms with Crippen LogP contribution in [0.15, 0.2) is 24.3 Å². The highest BCUT2D eigenvalue weighted by Crippen LogP contribution is 2.14. The maximum Gasteiger partial charge on any atom is 0.239 e. The summed E-state index contributed by atoms with van der Waals surface area (Å²) < 4.78 is 5.13. The number of methoxy groups -OCH3 is 1. The lowest BCUT2D eigenvalue weighted by atomic mass is 10.1. The fraction of sp³-hybridized carbons (Fsp3) is 0.556. The molecule has 0 radical (unpaired) electrons. The molecule has 0 aliphatic carbocycles. The van der Waals surface area contributed by atoms with Crippen LogP contribution in [0, 0.1) is 0 Å². The Morgan fingerprint density at radius 3 is 2.38 bits per heavy atom. The van der Waals surface area contributed by atoms with Gasteiger partial charge in [0.1, 0.15) is 5.75 Å². The predicted octanol–water partition coefficient (Wildman–Crippen LogP) is 1.04. The molecule has 0 unspecified atom stereocenters. The lowest BCUT2D eigenvalue weighted by Crippen LogP contribution is -2.44. The fourth-order valence-corrected chi connectivity index (χ4v) is 2.88. The molecule has 1 fully saturated rings. The Morgan fingerprint density at radius 1 is 1.12 bits per heavy atom. The molecule has 1 atom stereocenters. The molecule has 0 spiro atoms. The van der Waals surface area contributed by atoms with Crippen molar-refractivity contribution < 1.29 is 14.3 Å². The molecule has 132 valence electrons. The van der Waals surface area contributed by atoms with Crippen LogP contribution in [0.3, 0.4) is 0 Å². The zero-order valence-electron chi connectivity index (χ0n) is 14.5. The van der Waals surface area contributed by atoms with Crippen LogP contribution in [0.4, 0.5) is 0 Å². The van der Waals surface area contributed by atoms with E-state index in [2.05, 4.69) is 0 Å². The molecule has 6 heteroatoms. The number of carbonyl (C=O) groups excluding carboxylic acids is 2. The SMILES string of the molecule is COc1ccc(CCC(=O)N2CCCN(C(=O)[C@H](C)N)CC2)cc1. The number of hydrogen-bond acceptors (Lipinski definition) is 4. The van der Waals surface area contributed by atoms with Gasteiger partial charge in [0, 0.05) is 32.6 Å². The maximum absolute atomic E-state index is 12.4. The lowest BCUT2D eigenvalue weighted by molar-refractivity contribution is -0.134. The molecule has 2 rings (SSSR count). The number of amides is 2. The highest BCUT2D eigenvalue weighted by molar-refractivity contribution is 5.81. The molecule has 1 aromatic carbocycles. The molecule has 2 N–H and O–H groups in total. The topological polar surface area (TPSA) is 75.9 Å². The Labute approximate surface area is 143 Å². The average Bonchev–Trinajstić information content (AvgIpc) is 2.85. The van der Waals surface area contributed by atoms with Gasteiger partial charge in [-0.05, 0) is 37.5 Å². The van der Waals surface area contributed by atoms with Crippen molar-refractivity contribution >= 4 is 11.8 Å². The van der Waals surface area contributed by atoms with Gasteiger partial charge in [-0.15, -0.1) is 0 Å². The quantitative estimate of drug-likeness (QED) is 0.873. The molecule has 1 aromatic rings. The van der Waals surface area contributed by atoms with Gasteiger partial charge in [-0.3, -0.25) is 9.59 Å². The van der Waals surface area contributed by atoms with E-state index in [0.29, 0.717) is 39.0 Å². The Hall–Kier alpha value is -2.08. The van der Waals surface area contributed by atoms with Crippen LogP contribution in [0.2, 0.25) is 0 Å². The Bertz CT molecular complexity index is 557. The van der Waals surface area contributed by atoms with E-state index >= 15 is 0 Å². The molecule has 0 saturated carbocycles. The molecule has 0 aromatic heterocycles. The molecule has 1 heterocycles. The molecule has 1 saturated heterocycles. The van der Waals surface area contributed by atoms with Gasteiger partial charge in [0.15, 0.2) is 0 Å².